The van der Waals surface area contributed by atoms with Gasteiger partial charge in [0.25, 0.3) is 0 Å². The minimum atomic E-state index is -1.09. The van der Waals surface area contributed by atoms with Crippen molar-refractivity contribution in [3.63, 3.8) is 0 Å². The average Bonchev–Trinajstić information content (AvgIpc) is 2.76. The van der Waals surface area contributed by atoms with E-state index >= 15 is 0 Å². The zero-order valence-electron chi connectivity index (χ0n) is 16.7. The van der Waals surface area contributed by atoms with Crippen molar-refractivity contribution >= 4 is 23.5 Å². The molecule has 0 aliphatic rings. The lowest BCUT2D eigenvalue weighted by atomic mass is 10.0. The Morgan fingerprint density at radius 2 is 1.76 bits per heavy atom. The molecule has 0 spiro atoms. The van der Waals surface area contributed by atoms with E-state index < -0.39 is 24.5 Å². The first-order valence-corrected chi connectivity index (χ1v) is 10.6. The summed E-state index contributed by atoms with van der Waals surface area (Å²) in [7, 11) is 1.63. The molecule has 2 atom stereocenters. The van der Waals surface area contributed by atoms with Crippen LogP contribution >= 0.6 is 11.8 Å². The number of halogens is 1. The van der Waals surface area contributed by atoms with Gasteiger partial charge in [-0.25, -0.2) is 4.39 Å². The second-order valence-corrected chi connectivity index (χ2v) is 7.60. The summed E-state index contributed by atoms with van der Waals surface area (Å²) >= 11 is 1.65. The fourth-order valence-corrected chi connectivity index (χ4v) is 3.52. The number of methoxy groups -OCH3 is 1. The number of ether oxygens (including phenoxy) is 1. The van der Waals surface area contributed by atoms with Crippen LogP contribution in [0.4, 0.5) is 4.39 Å². The van der Waals surface area contributed by atoms with Gasteiger partial charge >= 0.3 is 0 Å². The van der Waals surface area contributed by atoms with Gasteiger partial charge in [-0.15, -0.1) is 11.8 Å². The monoisotopic (exact) mass is 418 g/mol. The minimum Gasteiger partial charge on any atom is -0.497 e. The molecule has 0 fully saturated rings. The molecular formula is C22H27FN2O3S. The van der Waals surface area contributed by atoms with Crippen LogP contribution in [0, 0.1) is 0 Å². The molecule has 0 saturated heterocycles. The van der Waals surface area contributed by atoms with Crippen LogP contribution in [-0.4, -0.2) is 43.4 Å². The van der Waals surface area contributed by atoms with Crippen molar-refractivity contribution in [1.82, 2.24) is 10.6 Å². The molecule has 5 nitrogen and oxygen atoms in total. The second kappa shape index (κ2) is 12.2. The van der Waals surface area contributed by atoms with Crippen LogP contribution in [0.2, 0.25) is 0 Å². The summed E-state index contributed by atoms with van der Waals surface area (Å²) in [4.78, 5) is 24.1. The fraction of sp³-hybridized carbons (Fsp3) is 0.364. The molecule has 0 radical (unpaired) electrons. The van der Waals surface area contributed by atoms with Crippen LogP contribution in [-0.2, 0) is 21.8 Å². The van der Waals surface area contributed by atoms with Crippen molar-refractivity contribution in [2.75, 3.05) is 19.7 Å². The van der Waals surface area contributed by atoms with E-state index in [0.717, 1.165) is 22.6 Å². The first kappa shape index (κ1) is 22.9. The van der Waals surface area contributed by atoms with E-state index in [-0.39, 0.29) is 5.91 Å². The number of thioether (sulfide) groups is 1. The van der Waals surface area contributed by atoms with Crippen LogP contribution in [0.15, 0.2) is 54.6 Å². The molecule has 1 amide bonds. The maximum atomic E-state index is 12.6. The van der Waals surface area contributed by atoms with Gasteiger partial charge in [0.05, 0.1) is 19.2 Å². The first-order chi connectivity index (χ1) is 14.0. The lowest BCUT2D eigenvalue weighted by Gasteiger charge is -2.20. The number of ketones is 1. The number of hydrogen-bond donors (Lipinski definition) is 2. The van der Waals surface area contributed by atoms with E-state index in [9.17, 15) is 14.0 Å². The largest absolute Gasteiger partial charge is 0.497 e. The Bertz CT molecular complexity index is 771. The minimum absolute atomic E-state index is 0.312. The maximum absolute atomic E-state index is 12.6. The summed E-state index contributed by atoms with van der Waals surface area (Å²) in [6.07, 6.45) is 0.478. The standard InChI is InChI=1S/C22H27FN2O3S/c1-16(21(26)13-23)25-22(27)20(12-17-6-4-3-5-7-17)24-15-29-14-18-8-10-19(28-2)11-9-18/h3-11,16,20,24H,12-15H2,1-2H3,(H,25,27)/t16-,20?/m0/s1. The van der Waals surface area contributed by atoms with E-state index in [0.29, 0.717) is 12.3 Å². The molecule has 0 saturated carbocycles. The summed E-state index contributed by atoms with van der Waals surface area (Å²) in [6.45, 7) is 0.410. The Balaban J connectivity index is 1.91. The molecule has 1 unspecified atom stereocenters. The van der Waals surface area contributed by atoms with Gasteiger partial charge in [0.2, 0.25) is 5.91 Å². The zero-order valence-corrected chi connectivity index (χ0v) is 17.5. The molecule has 0 aromatic heterocycles. The van der Waals surface area contributed by atoms with Crippen LogP contribution in [0.3, 0.4) is 0 Å². The predicted octanol–water partition coefficient (Wildman–Crippen LogP) is 3.13. The van der Waals surface area contributed by atoms with Gasteiger partial charge < -0.3 is 10.1 Å². The Hall–Kier alpha value is -2.38. The molecule has 0 heterocycles. The summed E-state index contributed by atoms with van der Waals surface area (Å²) in [5, 5.41) is 5.85. The Morgan fingerprint density at radius 3 is 2.38 bits per heavy atom. The van der Waals surface area contributed by atoms with E-state index in [1.54, 1.807) is 18.9 Å². The highest BCUT2D eigenvalue weighted by atomic mass is 32.2. The third kappa shape index (κ3) is 7.87. The van der Waals surface area contributed by atoms with Gasteiger partial charge in [0.1, 0.15) is 12.4 Å². The van der Waals surface area contributed by atoms with Gasteiger partial charge in [0.15, 0.2) is 5.78 Å². The maximum Gasteiger partial charge on any atom is 0.238 e. The number of benzene rings is 2. The van der Waals surface area contributed by atoms with Crippen LogP contribution in [0.5, 0.6) is 5.75 Å². The van der Waals surface area contributed by atoms with Gasteiger partial charge in [-0.2, -0.15) is 0 Å². The van der Waals surface area contributed by atoms with Gasteiger partial charge in [-0.3, -0.25) is 14.9 Å². The van der Waals surface area contributed by atoms with Crippen molar-refractivity contribution in [2.24, 2.45) is 0 Å². The zero-order chi connectivity index (χ0) is 21.1. The Morgan fingerprint density at radius 1 is 1.07 bits per heavy atom. The third-order valence-corrected chi connectivity index (χ3v) is 5.34. The topological polar surface area (TPSA) is 67.4 Å². The van der Waals surface area contributed by atoms with E-state index in [1.165, 1.54) is 6.92 Å². The predicted molar refractivity (Wildman–Crippen MR) is 115 cm³/mol. The fourth-order valence-electron chi connectivity index (χ4n) is 2.67. The van der Waals surface area contributed by atoms with Crippen LogP contribution in [0.1, 0.15) is 18.1 Å². The molecule has 0 aliphatic heterocycles. The lowest BCUT2D eigenvalue weighted by Crippen LogP contribution is -2.50. The molecule has 2 aromatic carbocycles. The molecule has 156 valence electrons. The van der Waals surface area contributed by atoms with E-state index in [1.807, 2.05) is 54.6 Å². The number of nitrogens with one attached hydrogen (secondary N) is 2. The van der Waals surface area contributed by atoms with Crippen molar-refractivity contribution in [1.29, 1.82) is 0 Å². The highest BCUT2D eigenvalue weighted by Crippen LogP contribution is 2.16. The van der Waals surface area contributed by atoms with Crippen LogP contribution in [0.25, 0.3) is 0 Å². The molecule has 0 aliphatic carbocycles. The van der Waals surface area contributed by atoms with Crippen molar-refractivity contribution in [2.45, 2.75) is 31.2 Å². The quantitative estimate of drug-likeness (QED) is 0.410. The molecule has 7 heteroatoms. The lowest BCUT2D eigenvalue weighted by molar-refractivity contribution is -0.128. The van der Waals surface area contributed by atoms with Crippen molar-refractivity contribution in [3.8, 4) is 5.75 Å². The number of amides is 1. The summed E-state index contributed by atoms with van der Waals surface area (Å²) in [6, 6.07) is 16.1. The Kier molecular flexibility index (Phi) is 9.67. The second-order valence-electron chi connectivity index (χ2n) is 6.62. The number of carbonyl (C=O) groups is 2. The van der Waals surface area contributed by atoms with Crippen molar-refractivity contribution < 1.29 is 18.7 Å². The number of hydrogen-bond acceptors (Lipinski definition) is 5. The number of rotatable bonds is 12. The van der Waals surface area contributed by atoms with E-state index in [4.69, 9.17) is 4.74 Å². The number of Topliss-reactive ketones (excluding diaryl/α,β-unsaturated/α-hetero) is 1. The van der Waals surface area contributed by atoms with Crippen molar-refractivity contribution in [3.05, 3.63) is 65.7 Å². The normalized spacial score (nSPS) is 12.8. The average molecular weight is 419 g/mol. The molecular weight excluding hydrogens is 391 g/mol. The van der Waals surface area contributed by atoms with E-state index in [2.05, 4.69) is 10.6 Å². The highest BCUT2D eigenvalue weighted by Gasteiger charge is 2.22. The van der Waals surface area contributed by atoms with Gasteiger partial charge in [0, 0.05) is 11.6 Å². The summed E-state index contributed by atoms with van der Waals surface area (Å²) in [5.74, 6) is 1.21. The smallest absolute Gasteiger partial charge is 0.238 e. The first-order valence-electron chi connectivity index (χ1n) is 9.40. The van der Waals surface area contributed by atoms with Gasteiger partial charge in [-0.1, -0.05) is 42.5 Å². The molecule has 2 N–H and O–H groups in total. The molecule has 2 aromatic rings. The molecule has 2 rings (SSSR count). The van der Waals surface area contributed by atoms with Gasteiger partial charge in [-0.05, 0) is 36.6 Å². The number of carbonyl (C=O) groups excluding carboxylic acids is 2. The summed E-state index contributed by atoms with van der Waals surface area (Å²) < 4.78 is 17.7. The summed E-state index contributed by atoms with van der Waals surface area (Å²) in [5.41, 5.74) is 2.16. The highest BCUT2D eigenvalue weighted by molar-refractivity contribution is 7.98. The number of alkyl halides is 1. The van der Waals surface area contributed by atoms with Crippen LogP contribution < -0.4 is 15.4 Å². The SMILES string of the molecule is COc1ccc(CSCNC(Cc2ccccc2)C(=O)N[C@@H](C)C(=O)CF)cc1. The molecule has 29 heavy (non-hydrogen) atoms. The third-order valence-electron chi connectivity index (χ3n) is 4.43. The molecule has 0 bridgehead atoms. The Labute approximate surface area is 175 Å².